The molecule has 1 N–H and O–H groups in total. The van der Waals surface area contributed by atoms with Gasteiger partial charge in [-0.1, -0.05) is 37.1 Å². The normalized spacial score (nSPS) is 15.7. The number of benzene rings is 2. The summed E-state index contributed by atoms with van der Waals surface area (Å²) in [7, 11) is -3.33. The molecule has 0 spiro atoms. The molecule has 30 heavy (non-hydrogen) atoms. The van der Waals surface area contributed by atoms with Crippen molar-refractivity contribution in [3.63, 3.8) is 0 Å². The smallest absolute Gasteiger partial charge is 0.251 e. The molecule has 3 rings (SSSR count). The van der Waals surface area contributed by atoms with Crippen LogP contribution < -0.4 is 5.32 Å². The van der Waals surface area contributed by atoms with Crippen molar-refractivity contribution in [2.24, 2.45) is 0 Å². The fourth-order valence-electron chi connectivity index (χ4n) is 3.67. The fourth-order valence-corrected chi connectivity index (χ4v) is 4.73. The first kappa shape index (κ1) is 22.5. The molecule has 0 atom stereocenters. The second kappa shape index (κ2) is 10.2. The van der Waals surface area contributed by atoms with Gasteiger partial charge >= 0.3 is 0 Å². The number of carbonyl (C=O) groups is 1. The van der Waals surface area contributed by atoms with Crippen LogP contribution in [0.3, 0.4) is 0 Å². The first-order valence-electron chi connectivity index (χ1n) is 10.8. The van der Waals surface area contributed by atoms with Crippen LogP contribution in [-0.4, -0.2) is 37.6 Å². The second-order valence-corrected chi connectivity index (χ2v) is 10.8. The zero-order valence-corrected chi connectivity index (χ0v) is 18.7. The van der Waals surface area contributed by atoms with Gasteiger partial charge in [-0.15, -0.1) is 0 Å². The number of likely N-dealkylation sites (tertiary alicyclic amines) is 1. The first-order valence-corrected chi connectivity index (χ1v) is 12.3. The number of hydrogen-bond acceptors (Lipinski definition) is 4. The average molecular weight is 429 g/mol. The molecule has 162 valence electrons. The molecule has 5 nitrogen and oxygen atoms in total. The van der Waals surface area contributed by atoms with Gasteiger partial charge in [0.1, 0.15) is 0 Å². The van der Waals surface area contributed by atoms with Crippen LogP contribution in [0.1, 0.15) is 61.0 Å². The molecule has 2 aromatic carbocycles. The van der Waals surface area contributed by atoms with E-state index in [1.54, 1.807) is 26.0 Å². The third kappa shape index (κ3) is 5.92. The van der Waals surface area contributed by atoms with Gasteiger partial charge in [-0.3, -0.25) is 9.69 Å². The molecule has 0 aromatic heterocycles. The van der Waals surface area contributed by atoms with Crippen LogP contribution in [0.15, 0.2) is 53.4 Å². The molecule has 0 saturated carbocycles. The van der Waals surface area contributed by atoms with E-state index in [1.165, 1.54) is 56.5 Å². The monoisotopic (exact) mass is 428 g/mol. The quantitative estimate of drug-likeness (QED) is 0.719. The van der Waals surface area contributed by atoms with E-state index in [4.69, 9.17) is 0 Å². The Labute approximate surface area is 180 Å². The maximum absolute atomic E-state index is 12.4. The van der Waals surface area contributed by atoms with E-state index >= 15 is 0 Å². The zero-order chi connectivity index (χ0) is 21.6. The van der Waals surface area contributed by atoms with Gasteiger partial charge in [-0.25, -0.2) is 8.42 Å². The molecule has 0 aliphatic carbocycles. The van der Waals surface area contributed by atoms with Gasteiger partial charge in [0.05, 0.1) is 10.1 Å². The maximum atomic E-state index is 12.4. The van der Waals surface area contributed by atoms with E-state index in [0.717, 1.165) is 12.1 Å². The molecule has 2 aromatic rings. The van der Waals surface area contributed by atoms with E-state index in [-0.39, 0.29) is 10.8 Å². The van der Waals surface area contributed by atoms with Gasteiger partial charge in [-0.2, -0.15) is 0 Å². The molecular weight excluding hydrogens is 396 g/mol. The van der Waals surface area contributed by atoms with Gasteiger partial charge in [-0.05, 0) is 75.2 Å². The number of hydrogen-bond donors (Lipinski definition) is 1. The van der Waals surface area contributed by atoms with Gasteiger partial charge in [0.15, 0.2) is 9.84 Å². The Hall–Kier alpha value is -2.18. The van der Waals surface area contributed by atoms with E-state index in [1.807, 2.05) is 0 Å². The molecule has 1 aliphatic heterocycles. The molecule has 1 saturated heterocycles. The summed E-state index contributed by atoms with van der Waals surface area (Å²) in [6.07, 6.45) is 5.25. The summed E-state index contributed by atoms with van der Waals surface area (Å²) in [5.74, 6) is -0.211. The highest BCUT2D eigenvalue weighted by molar-refractivity contribution is 7.92. The van der Waals surface area contributed by atoms with Crippen LogP contribution in [0.25, 0.3) is 0 Å². The van der Waals surface area contributed by atoms with E-state index in [9.17, 15) is 13.2 Å². The lowest BCUT2D eigenvalue weighted by Gasteiger charge is -2.19. The van der Waals surface area contributed by atoms with Crippen molar-refractivity contribution in [1.82, 2.24) is 10.2 Å². The third-order valence-electron chi connectivity index (χ3n) is 5.65. The fraction of sp³-hybridized carbons (Fsp3) is 0.458. The summed E-state index contributed by atoms with van der Waals surface area (Å²) in [6, 6.07) is 14.5. The summed E-state index contributed by atoms with van der Waals surface area (Å²) in [4.78, 5) is 15.2. The van der Waals surface area contributed by atoms with Gasteiger partial charge in [0.25, 0.3) is 5.91 Å². The van der Waals surface area contributed by atoms with Crippen molar-refractivity contribution in [2.45, 2.75) is 62.8 Å². The van der Waals surface area contributed by atoms with Crippen molar-refractivity contribution >= 4 is 15.7 Å². The van der Waals surface area contributed by atoms with E-state index in [0.29, 0.717) is 12.1 Å². The van der Waals surface area contributed by atoms with Crippen molar-refractivity contribution < 1.29 is 13.2 Å². The maximum Gasteiger partial charge on any atom is 0.251 e. The minimum atomic E-state index is -3.33. The summed E-state index contributed by atoms with van der Waals surface area (Å²) >= 11 is 0. The molecule has 1 aliphatic rings. The molecule has 1 fully saturated rings. The van der Waals surface area contributed by atoms with Crippen LogP contribution in [-0.2, 0) is 22.9 Å². The molecular formula is C24H32N2O3S. The lowest BCUT2D eigenvalue weighted by Crippen LogP contribution is -2.24. The molecule has 6 heteroatoms. The average Bonchev–Trinajstić information content (AvgIpc) is 3.01. The predicted octanol–water partition coefficient (Wildman–Crippen LogP) is 4.17. The van der Waals surface area contributed by atoms with Crippen LogP contribution >= 0.6 is 0 Å². The summed E-state index contributed by atoms with van der Waals surface area (Å²) in [6.45, 7) is 7.07. The number of nitrogens with one attached hydrogen (secondary N) is 1. The predicted molar refractivity (Wildman–Crippen MR) is 120 cm³/mol. The van der Waals surface area contributed by atoms with Gasteiger partial charge in [0, 0.05) is 18.7 Å². The Balaban J connectivity index is 1.53. The Morgan fingerprint density at radius 1 is 0.900 bits per heavy atom. The number of amides is 1. The summed E-state index contributed by atoms with van der Waals surface area (Å²) < 4.78 is 24.4. The number of carbonyl (C=O) groups excluding carboxylic acids is 1. The largest absolute Gasteiger partial charge is 0.348 e. The molecule has 0 radical (unpaired) electrons. The highest BCUT2D eigenvalue weighted by Crippen LogP contribution is 2.17. The van der Waals surface area contributed by atoms with Crippen molar-refractivity contribution in [3.8, 4) is 0 Å². The van der Waals surface area contributed by atoms with Crippen molar-refractivity contribution in [2.75, 3.05) is 13.1 Å². The Kier molecular flexibility index (Phi) is 7.67. The Morgan fingerprint density at radius 3 is 2.03 bits per heavy atom. The van der Waals surface area contributed by atoms with Gasteiger partial charge < -0.3 is 5.32 Å². The lowest BCUT2D eigenvalue weighted by molar-refractivity contribution is 0.0951. The highest BCUT2D eigenvalue weighted by Gasteiger charge is 2.19. The van der Waals surface area contributed by atoms with E-state index in [2.05, 4.69) is 34.5 Å². The molecule has 0 unspecified atom stereocenters. The van der Waals surface area contributed by atoms with Crippen LogP contribution in [0.2, 0.25) is 0 Å². The van der Waals surface area contributed by atoms with E-state index < -0.39 is 15.1 Å². The first-order chi connectivity index (χ1) is 14.4. The Morgan fingerprint density at radius 2 is 1.47 bits per heavy atom. The SMILES string of the molecule is CC(C)S(=O)(=O)c1ccc(C(=O)NCc2ccc(CN3CCCCCC3)cc2)cc1. The standard InChI is InChI=1S/C24H32N2O3S/c1-19(2)30(28,29)23-13-11-22(12-14-23)24(27)25-17-20-7-9-21(10-8-20)18-26-15-5-3-4-6-16-26/h7-14,19H,3-6,15-18H2,1-2H3,(H,25,27). The minimum Gasteiger partial charge on any atom is -0.348 e. The van der Waals surface area contributed by atoms with Gasteiger partial charge in [0.2, 0.25) is 0 Å². The summed E-state index contributed by atoms with van der Waals surface area (Å²) in [5, 5.41) is 2.42. The second-order valence-electron chi connectivity index (χ2n) is 8.31. The number of nitrogens with zero attached hydrogens (tertiary/aromatic N) is 1. The number of rotatable bonds is 7. The van der Waals surface area contributed by atoms with Crippen LogP contribution in [0.4, 0.5) is 0 Å². The lowest BCUT2D eigenvalue weighted by atomic mass is 10.1. The van der Waals surface area contributed by atoms with Crippen LogP contribution in [0, 0.1) is 0 Å². The molecule has 0 bridgehead atoms. The Bertz CT molecular complexity index is 927. The molecule has 1 amide bonds. The topological polar surface area (TPSA) is 66.5 Å². The third-order valence-corrected chi connectivity index (χ3v) is 7.82. The van der Waals surface area contributed by atoms with Crippen molar-refractivity contribution in [3.05, 3.63) is 65.2 Å². The summed E-state index contributed by atoms with van der Waals surface area (Å²) in [5.41, 5.74) is 2.80. The zero-order valence-electron chi connectivity index (χ0n) is 17.9. The minimum absolute atomic E-state index is 0.211. The van der Waals surface area contributed by atoms with Crippen LogP contribution in [0.5, 0.6) is 0 Å². The van der Waals surface area contributed by atoms with Crippen molar-refractivity contribution in [1.29, 1.82) is 0 Å². The molecule has 1 heterocycles. The highest BCUT2D eigenvalue weighted by atomic mass is 32.2. The number of sulfone groups is 1.